The van der Waals surface area contributed by atoms with Crippen molar-refractivity contribution in [3.63, 3.8) is 0 Å². The van der Waals surface area contributed by atoms with E-state index in [0.29, 0.717) is 30.6 Å². The van der Waals surface area contributed by atoms with Gasteiger partial charge in [-0.2, -0.15) is 16.8 Å². The largest absolute Gasteiger partial charge is 0.385 e. The zero-order chi connectivity index (χ0) is 40.0. The number of allylic oxidation sites excluding steroid dienone is 7. The first-order valence-corrected chi connectivity index (χ1v) is 22.9. The summed E-state index contributed by atoms with van der Waals surface area (Å²) in [6.45, 7) is 19.6. The van der Waals surface area contributed by atoms with E-state index in [1.54, 1.807) is 12.1 Å². The molecule has 1 heterocycles. The smallest absolute Gasteiger partial charge is 0.294 e. The van der Waals surface area contributed by atoms with Crippen LogP contribution < -0.4 is 10.2 Å². The third kappa shape index (κ3) is 11.2. The number of nitrogens with one attached hydrogen (secondary N) is 1. The number of benzene rings is 2. The summed E-state index contributed by atoms with van der Waals surface area (Å²) in [6.07, 6.45) is 13.3. The second kappa shape index (κ2) is 18.1. The van der Waals surface area contributed by atoms with Gasteiger partial charge in [0.15, 0.2) is 0 Å². The predicted molar refractivity (Wildman–Crippen MR) is 232 cm³/mol. The highest BCUT2D eigenvalue weighted by atomic mass is 127. The molecule has 0 aromatic heterocycles. The van der Waals surface area contributed by atoms with Crippen molar-refractivity contribution >= 4 is 83.0 Å². The maximum atomic E-state index is 12.9. The number of hydrogen-bond acceptors (Lipinski definition) is 7. The Morgan fingerprint density at radius 3 is 2.19 bits per heavy atom. The molecule has 3 N–H and O–H groups in total. The summed E-state index contributed by atoms with van der Waals surface area (Å²) in [7, 11) is -8.79. The molecule has 14 heteroatoms. The van der Waals surface area contributed by atoms with Gasteiger partial charge in [-0.3, -0.25) is 17.0 Å². The molecule has 0 spiro atoms. The number of alkyl halides is 1. The number of fused-ring (bicyclic) bond motifs is 1. The lowest BCUT2D eigenvalue weighted by Crippen LogP contribution is -2.41. The molecular formula is C39H53I2N3O7S2. The number of amides is 1. The highest BCUT2D eigenvalue weighted by Crippen LogP contribution is 2.48. The average Bonchev–Trinajstić information content (AvgIpc) is 3.27. The number of nitrogens with zero attached hydrogens (tertiary/aromatic N) is 2. The van der Waals surface area contributed by atoms with Gasteiger partial charge < -0.3 is 10.2 Å². The first-order valence-electron chi connectivity index (χ1n) is 17.5. The standard InChI is InChI=1S/C39H53I2N3O7S2/c1-9-42-33-21-19-29(52(46,47)48)26-31(33)38(5,6)28(2)16-12-10-13-17-35-39(7,8)32-27-30(53(49,50)51)20-22-34(32)43(35)25-15-11-14-18-36(45)44(41)37(3,4)23-24-40/h10,12-13,16-17,19-22,26-27,42H,2,9,11,14-15,18,23-25H2,1,3-8H3,(H,46,47,48)(H,49,50,51)/b13-10+,16-12+,35-17+. The van der Waals surface area contributed by atoms with E-state index in [1.165, 1.54) is 24.3 Å². The molecule has 292 valence electrons. The Bertz CT molecular complexity index is 1990. The second-order valence-corrected chi connectivity index (χ2v) is 19.7. The molecule has 0 fully saturated rings. The van der Waals surface area contributed by atoms with Crippen molar-refractivity contribution in [2.24, 2.45) is 0 Å². The van der Waals surface area contributed by atoms with Crippen LogP contribution >= 0.6 is 45.5 Å². The van der Waals surface area contributed by atoms with E-state index in [1.807, 2.05) is 68.1 Å². The molecule has 1 aliphatic heterocycles. The molecule has 53 heavy (non-hydrogen) atoms. The van der Waals surface area contributed by atoms with Gasteiger partial charge in [0.2, 0.25) is 5.91 Å². The molecule has 3 rings (SSSR count). The van der Waals surface area contributed by atoms with Crippen LogP contribution in [0.5, 0.6) is 0 Å². The molecule has 0 atom stereocenters. The van der Waals surface area contributed by atoms with Crippen LogP contribution in [0.2, 0.25) is 0 Å². The molecule has 0 saturated heterocycles. The highest BCUT2D eigenvalue weighted by molar-refractivity contribution is 14.1. The van der Waals surface area contributed by atoms with Crippen molar-refractivity contribution in [3.8, 4) is 0 Å². The minimum absolute atomic E-state index is 0.125. The Balaban J connectivity index is 1.84. The van der Waals surface area contributed by atoms with Crippen LogP contribution in [-0.2, 0) is 35.9 Å². The summed E-state index contributed by atoms with van der Waals surface area (Å²) < 4.78 is 70.2. The Kier molecular flexibility index (Phi) is 15.4. The van der Waals surface area contributed by atoms with Gasteiger partial charge in [0.25, 0.3) is 20.2 Å². The van der Waals surface area contributed by atoms with E-state index in [4.69, 9.17) is 0 Å². The lowest BCUT2D eigenvalue weighted by molar-refractivity contribution is -0.128. The zero-order valence-electron chi connectivity index (χ0n) is 31.6. The highest BCUT2D eigenvalue weighted by Gasteiger charge is 2.40. The van der Waals surface area contributed by atoms with Crippen LogP contribution in [0.1, 0.15) is 91.7 Å². The monoisotopic (exact) mass is 993 g/mol. The lowest BCUT2D eigenvalue weighted by Gasteiger charge is -2.33. The van der Waals surface area contributed by atoms with E-state index in [9.17, 15) is 30.7 Å². The Labute approximate surface area is 344 Å². The SMILES string of the molecule is C=C(/C=C/C=C/C=C1/N(CCCCCC(=O)N(I)C(C)(C)CCI)c2ccc(S(=O)(=O)O)cc2C1(C)C)C(C)(C)c1cc(S(=O)(=O)O)ccc1NCC. The quantitative estimate of drug-likeness (QED) is 0.0332. The van der Waals surface area contributed by atoms with Gasteiger partial charge >= 0.3 is 0 Å². The van der Waals surface area contributed by atoms with E-state index in [0.717, 1.165) is 52.7 Å². The maximum Gasteiger partial charge on any atom is 0.294 e. The van der Waals surface area contributed by atoms with Gasteiger partial charge in [-0.25, -0.2) is 0 Å². The molecule has 0 radical (unpaired) electrons. The van der Waals surface area contributed by atoms with Crippen molar-refractivity contribution in [2.45, 2.75) is 107 Å². The fraction of sp³-hybridized carbons (Fsp3) is 0.462. The van der Waals surface area contributed by atoms with Crippen molar-refractivity contribution in [2.75, 3.05) is 27.7 Å². The van der Waals surface area contributed by atoms with Crippen LogP contribution in [0.4, 0.5) is 11.4 Å². The average molecular weight is 994 g/mol. The molecule has 10 nitrogen and oxygen atoms in total. The fourth-order valence-corrected chi connectivity index (χ4v) is 9.17. The number of unbranched alkanes of at least 4 members (excludes halogenated alkanes) is 2. The van der Waals surface area contributed by atoms with Crippen LogP contribution in [-0.4, -0.2) is 58.0 Å². The molecule has 2 aromatic carbocycles. The summed E-state index contributed by atoms with van der Waals surface area (Å²) in [4.78, 5) is 14.7. The van der Waals surface area contributed by atoms with Gasteiger partial charge in [0, 0.05) is 57.4 Å². The topological polar surface area (TPSA) is 144 Å². The first kappa shape index (κ1) is 45.1. The van der Waals surface area contributed by atoms with Crippen molar-refractivity contribution in [3.05, 3.63) is 95.8 Å². The number of hydrogen-bond donors (Lipinski definition) is 3. The zero-order valence-corrected chi connectivity index (χ0v) is 37.6. The van der Waals surface area contributed by atoms with Crippen molar-refractivity contribution < 1.29 is 30.7 Å². The lowest BCUT2D eigenvalue weighted by atomic mass is 9.77. The molecule has 0 bridgehead atoms. The minimum Gasteiger partial charge on any atom is -0.385 e. The molecule has 1 amide bonds. The van der Waals surface area contributed by atoms with Gasteiger partial charge in [0.05, 0.1) is 32.7 Å². The number of halogens is 2. The fourth-order valence-electron chi connectivity index (χ4n) is 6.35. The number of anilines is 2. The van der Waals surface area contributed by atoms with Crippen LogP contribution in [0, 0.1) is 0 Å². The molecular weight excluding hydrogens is 940 g/mol. The number of carbonyl (C=O) groups excluding carboxylic acids is 1. The summed E-state index contributed by atoms with van der Waals surface area (Å²) >= 11 is 4.47. The molecule has 1 aliphatic rings. The van der Waals surface area contributed by atoms with Gasteiger partial charge in [-0.05, 0) is 99.2 Å². The first-order chi connectivity index (χ1) is 24.5. The van der Waals surface area contributed by atoms with Crippen LogP contribution in [0.25, 0.3) is 0 Å². The summed E-state index contributed by atoms with van der Waals surface area (Å²) in [6, 6.07) is 9.18. The molecule has 2 aromatic rings. The Hall–Kier alpha value is -2.25. The molecule has 0 saturated carbocycles. The third-order valence-electron chi connectivity index (χ3n) is 9.80. The third-order valence-corrected chi connectivity index (χ3v) is 13.9. The summed E-state index contributed by atoms with van der Waals surface area (Å²) in [5.41, 5.74) is 3.26. The predicted octanol–water partition coefficient (Wildman–Crippen LogP) is 9.58. The van der Waals surface area contributed by atoms with Crippen molar-refractivity contribution in [1.29, 1.82) is 0 Å². The maximum absolute atomic E-state index is 12.9. The van der Waals surface area contributed by atoms with E-state index in [-0.39, 0.29) is 21.2 Å². The van der Waals surface area contributed by atoms with Gasteiger partial charge in [-0.1, -0.05) is 87.6 Å². The second-order valence-electron chi connectivity index (χ2n) is 14.8. The molecule has 0 unspecified atom stereocenters. The summed E-state index contributed by atoms with van der Waals surface area (Å²) in [5.74, 6) is 0.125. The normalized spacial score (nSPS) is 15.8. The Morgan fingerprint density at radius 1 is 0.962 bits per heavy atom. The van der Waals surface area contributed by atoms with Gasteiger partial charge in [0.1, 0.15) is 0 Å². The van der Waals surface area contributed by atoms with E-state index in [2.05, 4.69) is 76.1 Å². The van der Waals surface area contributed by atoms with Crippen LogP contribution in [0.15, 0.2) is 94.4 Å². The van der Waals surface area contributed by atoms with Gasteiger partial charge in [-0.15, -0.1) is 0 Å². The number of rotatable bonds is 18. The van der Waals surface area contributed by atoms with Crippen LogP contribution in [0.3, 0.4) is 0 Å². The van der Waals surface area contributed by atoms with E-state index < -0.39 is 31.1 Å². The molecule has 0 aliphatic carbocycles. The number of carbonyl (C=O) groups is 1. The Morgan fingerprint density at radius 2 is 1.58 bits per heavy atom. The van der Waals surface area contributed by atoms with E-state index >= 15 is 0 Å². The minimum atomic E-state index is -4.40. The van der Waals surface area contributed by atoms with Crippen molar-refractivity contribution in [1.82, 2.24) is 3.11 Å². The summed E-state index contributed by atoms with van der Waals surface area (Å²) in [5, 5.41) is 3.26.